The molecule has 5 nitrogen and oxygen atoms in total. The molecule has 120 valence electrons. The Balaban J connectivity index is 1.71. The van der Waals surface area contributed by atoms with Crippen molar-refractivity contribution in [2.45, 2.75) is 43.0 Å². The number of hydrogen-bond donors (Lipinski definition) is 0. The Bertz CT molecular complexity index is 537. The predicted molar refractivity (Wildman–Crippen MR) is 75.4 cm³/mol. The van der Waals surface area contributed by atoms with Crippen LogP contribution in [0.25, 0.3) is 0 Å². The Morgan fingerprint density at radius 1 is 1.38 bits per heavy atom. The largest absolute Gasteiger partial charge is 0.381 e. The number of sulfone groups is 1. The van der Waals surface area contributed by atoms with Gasteiger partial charge in [-0.15, -0.1) is 0 Å². The van der Waals surface area contributed by atoms with Gasteiger partial charge in [-0.2, -0.15) is 0 Å². The minimum absolute atomic E-state index is 0.0801. The highest BCUT2D eigenvalue weighted by Crippen LogP contribution is 2.47. The molecule has 3 rings (SSSR count). The quantitative estimate of drug-likeness (QED) is 0.773. The molecule has 3 fully saturated rings. The molecule has 1 amide bonds. The monoisotopic (exact) mass is 319 g/mol. The van der Waals surface area contributed by atoms with Crippen LogP contribution >= 0.6 is 0 Å². The van der Waals surface area contributed by atoms with Crippen LogP contribution in [0.3, 0.4) is 0 Å². The number of likely N-dealkylation sites (tertiary alicyclic amines) is 1. The molecule has 0 aromatic rings. The summed E-state index contributed by atoms with van der Waals surface area (Å²) >= 11 is 0. The zero-order valence-corrected chi connectivity index (χ0v) is 13.1. The molecule has 7 heteroatoms. The van der Waals surface area contributed by atoms with Crippen molar-refractivity contribution in [1.82, 2.24) is 4.90 Å². The second-order valence-electron chi connectivity index (χ2n) is 6.51. The molecule has 1 aliphatic carbocycles. The number of ether oxygens (including phenoxy) is 1. The number of halogens is 1. The van der Waals surface area contributed by atoms with Crippen molar-refractivity contribution in [1.29, 1.82) is 0 Å². The van der Waals surface area contributed by atoms with Gasteiger partial charge in [0.15, 0.2) is 15.5 Å². The molecule has 2 heterocycles. The fraction of sp³-hybridized carbons (Fsp3) is 0.929. The molecule has 2 saturated heterocycles. The normalized spacial score (nSPS) is 31.7. The van der Waals surface area contributed by atoms with Gasteiger partial charge in [0.25, 0.3) is 5.91 Å². The van der Waals surface area contributed by atoms with E-state index in [0.29, 0.717) is 19.6 Å². The van der Waals surface area contributed by atoms with Crippen molar-refractivity contribution in [2.24, 2.45) is 5.92 Å². The third-order valence-corrected chi connectivity index (χ3v) is 7.96. The topological polar surface area (TPSA) is 63.7 Å². The van der Waals surface area contributed by atoms with Crippen LogP contribution in [0, 0.1) is 5.92 Å². The van der Waals surface area contributed by atoms with Crippen molar-refractivity contribution in [3.05, 3.63) is 0 Å². The van der Waals surface area contributed by atoms with Gasteiger partial charge in [0.2, 0.25) is 0 Å². The lowest BCUT2D eigenvalue weighted by atomic mass is 9.77. The molecular weight excluding hydrogens is 297 g/mol. The molecule has 21 heavy (non-hydrogen) atoms. The Morgan fingerprint density at radius 3 is 2.57 bits per heavy atom. The molecule has 1 saturated carbocycles. The number of nitrogens with zero attached hydrogens (tertiary/aromatic N) is 1. The van der Waals surface area contributed by atoms with Crippen molar-refractivity contribution in [3.63, 3.8) is 0 Å². The molecule has 0 radical (unpaired) electrons. The third kappa shape index (κ3) is 2.11. The molecule has 1 spiro atoms. The van der Waals surface area contributed by atoms with E-state index in [4.69, 9.17) is 4.74 Å². The van der Waals surface area contributed by atoms with Gasteiger partial charge in [-0.1, -0.05) is 0 Å². The zero-order valence-electron chi connectivity index (χ0n) is 12.3. The van der Waals surface area contributed by atoms with Crippen LogP contribution in [0.2, 0.25) is 0 Å². The summed E-state index contributed by atoms with van der Waals surface area (Å²) in [5.74, 6) is -0.451. The summed E-state index contributed by atoms with van der Waals surface area (Å²) in [6, 6.07) is 0. The summed E-state index contributed by atoms with van der Waals surface area (Å²) in [4.78, 5) is 13.5. The predicted octanol–water partition coefficient (Wildman–Crippen LogP) is 0.931. The van der Waals surface area contributed by atoms with E-state index in [1.54, 1.807) is 0 Å². The van der Waals surface area contributed by atoms with E-state index >= 15 is 0 Å². The zero-order chi connectivity index (χ0) is 15.3. The summed E-state index contributed by atoms with van der Waals surface area (Å²) in [7, 11) is -3.23. The van der Waals surface area contributed by atoms with Crippen LogP contribution in [-0.2, 0) is 19.4 Å². The van der Waals surface area contributed by atoms with Gasteiger partial charge in [0.1, 0.15) is 4.75 Å². The van der Waals surface area contributed by atoms with Crippen molar-refractivity contribution in [3.8, 4) is 0 Å². The average Bonchev–Trinajstić information content (AvgIpc) is 2.62. The van der Waals surface area contributed by atoms with Crippen LogP contribution in [-0.4, -0.2) is 61.7 Å². The number of carbonyl (C=O) groups is 1. The minimum Gasteiger partial charge on any atom is -0.381 e. The molecule has 1 unspecified atom stereocenters. The van der Waals surface area contributed by atoms with Gasteiger partial charge in [0.05, 0.1) is 12.4 Å². The second-order valence-corrected chi connectivity index (χ2v) is 8.96. The number of rotatable bonds is 4. The van der Waals surface area contributed by atoms with Crippen LogP contribution in [0.1, 0.15) is 32.6 Å². The van der Waals surface area contributed by atoms with E-state index in [-0.39, 0.29) is 37.6 Å². The van der Waals surface area contributed by atoms with Gasteiger partial charge < -0.3 is 9.64 Å². The third-order valence-electron chi connectivity index (χ3n) is 5.36. The van der Waals surface area contributed by atoms with Crippen molar-refractivity contribution >= 4 is 15.7 Å². The van der Waals surface area contributed by atoms with Gasteiger partial charge in [-0.05, 0) is 32.6 Å². The number of amides is 1. The highest BCUT2D eigenvalue weighted by Gasteiger charge is 2.64. The van der Waals surface area contributed by atoms with E-state index in [9.17, 15) is 17.6 Å². The molecular formula is C14H22FNO4S. The lowest BCUT2D eigenvalue weighted by molar-refractivity contribution is -0.157. The van der Waals surface area contributed by atoms with Gasteiger partial charge in [-0.25, -0.2) is 12.8 Å². The van der Waals surface area contributed by atoms with E-state index in [2.05, 4.69) is 0 Å². The molecule has 0 bridgehead atoms. The molecule has 0 aromatic heterocycles. The first kappa shape index (κ1) is 15.2. The lowest BCUT2D eigenvalue weighted by Gasteiger charge is -2.52. The maximum atomic E-state index is 14.2. The fourth-order valence-electron chi connectivity index (χ4n) is 3.70. The Morgan fingerprint density at radius 2 is 2.05 bits per heavy atom. The first-order valence-corrected chi connectivity index (χ1v) is 9.28. The summed E-state index contributed by atoms with van der Waals surface area (Å²) in [6.07, 6.45) is 1.84. The molecule has 0 N–H and O–H groups in total. The van der Waals surface area contributed by atoms with E-state index in [0.717, 1.165) is 6.42 Å². The average molecular weight is 319 g/mol. The van der Waals surface area contributed by atoms with E-state index in [1.807, 2.05) is 6.92 Å². The van der Waals surface area contributed by atoms with Crippen molar-refractivity contribution in [2.75, 3.05) is 32.1 Å². The first-order chi connectivity index (χ1) is 9.85. The number of alkyl halides is 1. The fourth-order valence-corrected chi connectivity index (χ4v) is 6.10. The Labute approximate surface area is 124 Å². The molecule has 3 aliphatic rings. The Hall–Kier alpha value is -0.690. The van der Waals surface area contributed by atoms with Crippen LogP contribution in [0.5, 0.6) is 0 Å². The lowest BCUT2D eigenvalue weighted by Crippen LogP contribution is -2.71. The molecule has 0 aromatic carbocycles. The molecule has 2 aliphatic heterocycles. The minimum atomic E-state index is -3.23. The maximum absolute atomic E-state index is 14.2. The van der Waals surface area contributed by atoms with E-state index < -0.39 is 26.2 Å². The Kier molecular flexibility index (Phi) is 3.56. The summed E-state index contributed by atoms with van der Waals surface area (Å²) < 4.78 is 43.4. The van der Waals surface area contributed by atoms with Gasteiger partial charge in [-0.3, -0.25) is 4.79 Å². The van der Waals surface area contributed by atoms with E-state index in [1.165, 1.54) is 4.90 Å². The standard InChI is InChI=1S/C14H22FNO4S/c1-2-20-8-11-4-7-21(18,19)14(11)9-16(10-14)12(17)13(15)5-3-6-13/h11H,2-10H2,1H3. The highest BCUT2D eigenvalue weighted by atomic mass is 32.2. The van der Waals surface area contributed by atoms with Gasteiger partial charge >= 0.3 is 0 Å². The first-order valence-electron chi connectivity index (χ1n) is 7.63. The SMILES string of the molecule is CCOCC1CCS(=O)(=O)C12CN(C(=O)C1(F)CCC1)C2. The van der Waals surface area contributed by atoms with Crippen LogP contribution in [0.15, 0.2) is 0 Å². The number of hydrogen-bond acceptors (Lipinski definition) is 4. The van der Waals surface area contributed by atoms with Crippen LogP contribution < -0.4 is 0 Å². The smallest absolute Gasteiger partial charge is 0.260 e. The molecule has 1 atom stereocenters. The maximum Gasteiger partial charge on any atom is 0.260 e. The highest BCUT2D eigenvalue weighted by molar-refractivity contribution is 7.93. The van der Waals surface area contributed by atoms with Crippen molar-refractivity contribution < 1.29 is 22.3 Å². The van der Waals surface area contributed by atoms with Gasteiger partial charge in [0, 0.05) is 25.6 Å². The summed E-state index contributed by atoms with van der Waals surface area (Å²) in [5, 5.41) is 0. The summed E-state index contributed by atoms with van der Waals surface area (Å²) in [6.45, 7) is 3.09. The summed E-state index contributed by atoms with van der Waals surface area (Å²) in [5.41, 5.74) is -1.74. The number of carbonyl (C=O) groups excluding carboxylic acids is 1. The second kappa shape index (κ2) is 4.91. The van der Waals surface area contributed by atoms with Crippen LogP contribution in [0.4, 0.5) is 4.39 Å².